The van der Waals surface area contributed by atoms with Gasteiger partial charge in [0.05, 0.1) is 11.5 Å². The molecule has 26 heavy (non-hydrogen) atoms. The van der Waals surface area contributed by atoms with Gasteiger partial charge in [-0.3, -0.25) is 9.59 Å². The molecule has 4 atom stereocenters. The number of aliphatic carboxylic acids is 1. The molecule has 0 aliphatic heterocycles. The number of Topliss-reactive ketones (excluding diaryl/α,β-unsaturated/α-hetero) is 1. The Morgan fingerprint density at radius 1 is 1.38 bits per heavy atom. The molecular formula is C22H34O4. The third-order valence-corrected chi connectivity index (χ3v) is 5.32. The quantitative estimate of drug-likeness (QED) is 0.494. The van der Waals surface area contributed by atoms with E-state index in [0.29, 0.717) is 32.1 Å². The number of rotatable bonds is 12. The van der Waals surface area contributed by atoms with E-state index < -0.39 is 17.5 Å². The number of carboxylic acid groups (broad SMARTS) is 1. The van der Waals surface area contributed by atoms with Crippen LogP contribution in [0.15, 0.2) is 37.0 Å². The van der Waals surface area contributed by atoms with Crippen molar-refractivity contribution in [2.24, 2.45) is 17.8 Å². The van der Waals surface area contributed by atoms with Gasteiger partial charge in [0.15, 0.2) is 0 Å². The summed E-state index contributed by atoms with van der Waals surface area (Å²) in [4.78, 5) is 23.0. The molecule has 0 aromatic heterocycles. The van der Waals surface area contributed by atoms with E-state index in [-0.39, 0.29) is 17.6 Å². The van der Waals surface area contributed by atoms with Crippen LogP contribution in [0.2, 0.25) is 0 Å². The summed E-state index contributed by atoms with van der Waals surface area (Å²) in [6.45, 7) is 7.53. The third-order valence-electron chi connectivity index (χ3n) is 5.32. The highest BCUT2D eigenvalue weighted by molar-refractivity contribution is 5.83. The standard InChI is InChI=1S/C22H34O4/c1-4-6-15-22(26,5-2)16-9-11-18-13-14-20(23)19(18)12-8-7-10-17(3)21(24)25/h5,7-9,11,17-19,26H,2,4,6,10,12-16H2,1,3H3,(H,24,25)/t17?,18-,19+,22?/m0/s1. The summed E-state index contributed by atoms with van der Waals surface area (Å²) in [7, 11) is 0. The summed E-state index contributed by atoms with van der Waals surface area (Å²) in [5.41, 5.74) is -0.864. The molecule has 0 aromatic rings. The van der Waals surface area contributed by atoms with Gasteiger partial charge < -0.3 is 10.2 Å². The van der Waals surface area contributed by atoms with E-state index in [4.69, 9.17) is 5.11 Å². The van der Waals surface area contributed by atoms with Crippen LogP contribution in [0.4, 0.5) is 0 Å². The van der Waals surface area contributed by atoms with Crippen LogP contribution in [0.3, 0.4) is 0 Å². The minimum absolute atomic E-state index is 0.0323. The van der Waals surface area contributed by atoms with E-state index in [1.807, 2.05) is 18.2 Å². The van der Waals surface area contributed by atoms with Gasteiger partial charge in [0.1, 0.15) is 5.78 Å². The van der Waals surface area contributed by atoms with Crippen LogP contribution in [0.25, 0.3) is 0 Å². The number of carbonyl (C=O) groups is 2. The first kappa shape index (κ1) is 22.4. The summed E-state index contributed by atoms with van der Waals surface area (Å²) in [6.07, 6.45) is 15.3. The van der Waals surface area contributed by atoms with Gasteiger partial charge in [-0.05, 0) is 38.0 Å². The van der Waals surface area contributed by atoms with Crippen molar-refractivity contribution < 1.29 is 19.8 Å². The molecule has 2 unspecified atom stereocenters. The Kier molecular flexibility index (Phi) is 9.57. The Hall–Kier alpha value is -1.68. The Morgan fingerprint density at radius 3 is 2.73 bits per heavy atom. The lowest BCUT2D eigenvalue weighted by molar-refractivity contribution is -0.141. The van der Waals surface area contributed by atoms with E-state index >= 15 is 0 Å². The minimum Gasteiger partial charge on any atom is -0.481 e. The lowest BCUT2D eigenvalue weighted by atomic mass is 9.89. The average Bonchev–Trinajstić information content (AvgIpc) is 2.96. The number of hydrogen-bond donors (Lipinski definition) is 2. The number of allylic oxidation sites excluding steroid dienone is 3. The molecule has 146 valence electrons. The van der Waals surface area contributed by atoms with Crippen molar-refractivity contribution in [1.29, 1.82) is 0 Å². The van der Waals surface area contributed by atoms with E-state index in [9.17, 15) is 14.7 Å². The van der Waals surface area contributed by atoms with Gasteiger partial charge in [-0.1, -0.05) is 57.1 Å². The second-order valence-electron chi connectivity index (χ2n) is 7.50. The fraction of sp³-hybridized carbons (Fsp3) is 0.636. The summed E-state index contributed by atoms with van der Waals surface area (Å²) < 4.78 is 0. The SMILES string of the molecule is C=CC(O)(CC=C[C@H]1CCC(=O)[C@@H]1CC=CCC(C)C(=O)O)CCCC. The van der Waals surface area contributed by atoms with Crippen molar-refractivity contribution in [3.63, 3.8) is 0 Å². The number of carboxylic acids is 1. The molecular weight excluding hydrogens is 328 g/mol. The predicted octanol–water partition coefficient (Wildman–Crippen LogP) is 4.69. The maximum Gasteiger partial charge on any atom is 0.306 e. The fourth-order valence-electron chi connectivity index (χ4n) is 3.33. The average molecular weight is 363 g/mol. The van der Waals surface area contributed by atoms with Crippen molar-refractivity contribution in [1.82, 2.24) is 0 Å². The lowest BCUT2D eigenvalue weighted by Gasteiger charge is -2.23. The van der Waals surface area contributed by atoms with Crippen molar-refractivity contribution in [3.05, 3.63) is 37.0 Å². The van der Waals surface area contributed by atoms with Crippen molar-refractivity contribution in [2.45, 2.75) is 70.8 Å². The molecule has 0 bridgehead atoms. The van der Waals surface area contributed by atoms with Crippen molar-refractivity contribution >= 4 is 11.8 Å². The molecule has 0 saturated heterocycles. The zero-order chi connectivity index (χ0) is 19.6. The number of unbranched alkanes of at least 4 members (excludes halogenated alkanes) is 1. The Bertz CT molecular complexity index is 534. The first-order valence-electron chi connectivity index (χ1n) is 9.76. The number of ketones is 1. The van der Waals surface area contributed by atoms with Gasteiger partial charge in [-0.25, -0.2) is 0 Å². The molecule has 0 heterocycles. The minimum atomic E-state index is -0.864. The van der Waals surface area contributed by atoms with Crippen LogP contribution in [0, 0.1) is 17.8 Å². The molecule has 0 aromatic carbocycles. The molecule has 0 spiro atoms. The maximum atomic E-state index is 12.2. The monoisotopic (exact) mass is 362 g/mol. The molecule has 0 amide bonds. The summed E-state index contributed by atoms with van der Waals surface area (Å²) >= 11 is 0. The highest BCUT2D eigenvalue weighted by atomic mass is 16.4. The van der Waals surface area contributed by atoms with E-state index in [2.05, 4.69) is 19.6 Å². The Morgan fingerprint density at radius 2 is 2.12 bits per heavy atom. The van der Waals surface area contributed by atoms with Crippen LogP contribution in [-0.2, 0) is 9.59 Å². The van der Waals surface area contributed by atoms with Crippen LogP contribution in [-0.4, -0.2) is 27.6 Å². The fourth-order valence-corrected chi connectivity index (χ4v) is 3.33. The first-order valence-corrected chi connectivity index (χ1v) is 9.76. The van der Waals surface area contributed by atoms with Gasteiger partial charge in [0.2, 0.25) is 0 Å². The van der Waals surface area contributed by atoms with Crippen LogP contribution < -0.4 is 0 Å². The highest BCUT2D eigenvalue weighted by Crippen LogP contribution is 2.33. The van der Waals surface area contributed by atoms with Crippen molar-refractivity contribution in [3.8, 4) is 0 Å². The van der Waals surface area contributed by atoms with E-state index in [1.165, 1.54) is 0 Å². The molecule has 1 aliphatic rings. The van der Waals surface area contributed by atoms with Gasteiger partial charge >= 0.3 is 5.97 Å². The largest absolute Gasteiger partial charge is 0.481 e. The zero-order valence-corrected chi connectivity index (χ0v) is 16.2. The number of carbonyl (C=O) groups excluding carboxylic acids is 1. The molecule has 0 radical (unpaired) electrons. The smallest absolute Gasteiger partial charge is 0.306 e. The Labute approximate surface area is 157 Å². The topological polar surface area (TPSA) is 74.6 Å². The number of hydrogen-bond acceptors (Lipinski definition) is 3. The molecule has 4 nitrogen and oxygen atoms in total. The highest BCUT2D eigenvalue weighted by Gasteiger charge is 2.32. The first-order chi connectivity index (χ1) is 12.3. The normalized spacial score (nSPS) is 24.2. The molecule has 4 heteroatoms. The molecule has 2 N–H and O–H groups in total. The molecule has 1 aliphatic carbocycles. The zero-order valence-electron chi connectivity index (χ0n) is 16.2. The summed E-state index contributed by atoms with van der Waals surface area (Å²) in [5, 5.41) is 19.4. The molecule has 1 fully saturated rings. The molecule has 1 rings (SSSR count). The van der Waals surface area contributed by atoms with Crippen LogP contribution >= 0.6 is 0 Å². The third kappa shape index (κ3) is 7.28. The second kappa shape index (κ2) is 11.1. The predicted molar refractivity (Wildman–Crippen MR) is 105 cm³/mol. The number of aliphatic hydroxyl groups is 1. The Balaban J connectivity index is 2.56. The van der Waals surface area contributed by atoms with Crippen LogP contribution in [0.5, 0.6) is 0 Å². The van der Waals surface area contributed by atoms with Gasteiger partial charge in [0.25, 0.3) is 0 Å². The van der Waals surface area contributed by atoms with E-state index in [0.717, 1.165) is 19.3 Å². The summed E-state index contributed by atoms with van der Waals surface area (Å²) in [5.74, 6) is -0.758. The lowest BCUT2D eigenvalue weighted by Crippen LogP contribution is -2.24. The molecule has 1 saturated carbocycles. The van der Waals surface area contributed by atoms with Crippen molar-refractivity contribution in [2.75, 3.05) is 0 Å². The second-order valence-corrected chi connectivity index (χ2v) is 7.50. The van der Waals surface area contributed by atoms with Gasteiger partial charge in [0, 0.05) is 12.3 Å². The van der Waals surface area contributed by atoms with Gasteiger partial charge in [-0.2, -0.15) is 0 Å². The van der Waals surface area contributed by atoms with Gasteiger partial charge in [-0.15, -0.1) is 6.58 Å². The van der Waals surface area contributed by atoms with Crippen LogP contribution in [0.1, 0.15) is 65.2 Å². The van der Waals surface area contributed by atoms with E-state index in [1.54, 1.807) is 13.0 Å². The summed E-state index contributed by atoms with van der Waals surface area (Å²) in [6, 6.07) is 0. The maximum absolute atomic E-state index is 12.2.